The van der Waals surface area contributed by atoms with Crippen molar-refractivity contribution in [3.63, 3.8) is 0 Å². The molecule has 0 aromatic heterocycles. The highest BCUT2D eigenvalue weighted by atomic mass is 32.1. The van der Waals surface area contributed by atoms with Crippen LogP contribution in [-0.2, 0) is 10.9 Å². The Bertz CT molecular complexity index is 548. The van der Waals surface area contributed by atoms with E-state index in [9.17, 15) is 13.2 Å². The smallest absolute Gasteiger partial charge is 0.389 e. The lowest BCUT2D eigenvalue weighted by Crippen LogP contribution is -2.38. The van der Waals surface area contributed by atoms with Crippen LogP contribution in [0.25, 0.3) is 0 Å². The Labute approximate surface area is 126 Å². The summed E-state index contributed by atoms with van der Waals surface area (Å²) in [5.41, 5.74) is 5.69. The summed E-state index contributed by atoms with van der Waals surface area (Å²) in [6.45, 7) is 2.58. The summed E-state index contributed by atoms with van der Waals surface area (Å²) in [6.07, 6.45) is -3.59. The first-order chi connectivity index (χ1) is 9.71. The standard InChI is InChI=1S/C14H17F3N2OS/c1-8-11(5-6-20-8)19(2)12-4-3-9(14(15,16)17)7-10(12)13(18)21/h3-4,7-8,11H,5-6H2,1-2H3,(H2,18,21). The van der Waals surface area contributed by atoms with E-state index in [0.717, 1.165) is 18.6 Å². The van der Waals surface area contributed by atoms with E-state index in [1.807, 2.05) is 18.9 Å². The van der Waals surface area contributed by atoms with Crippen LogP contribution in [0.15, 0.2) is 18.2 Å². The molecule has 1 aliphatic heterocycles. The molecule has 0 amide bonds. The van der Waals surface area contributed by atoms with Crippen molar-refractivity contribution in [1.29, 1.82) is 0 Å². The minimum absolute atomic E-state index is 0.0106. The van der Waals surface area contributed by atoms with Crippen LogP contribution >= 0.6 is 12.2 Å². The molecular weight excluding hydrogens is 301 g/mol. The molecule has 1 saturated heterocycles. The Balaban J connectivity index is 2.41. The van der Waals surface area contributed by atoms with E-state index in [1.165, 1.54) is 6.07 Å². The molecule has 2 N–H and O–H groups in total. The third-order valence-corrected chi connectivity index (χ3v) is 4.02. The molecule has 1 aromatic carbocycles. The first kappa shape index (κ1) is 16.0. The Morgan fingerprint density at radius 1 is 1.43 bits per heavy atom. The minimum Gasteiger partial charge on any atom is -0.389 e. The number of hydrogen-bond acceptors (Lipinski definition) is 3. The maximum atomic E-state index is 12.8. The van der Waals surface area contributed by atoms with Gasteiger partial charge in [0.05, 0.1) is 17.7 Å². The highest BCUT2D eigenvalue weighted by molar-refractivity contribution is 7.80. The van der Waals surface area contributed by atoms with Gasteiger partial charge in [0.25, 0.3) is 0 Å². The fraction of sp³-hybridized carbons (Fsp3) is 0.500. The number of halogens is 3. The molecule has 116 valence electrons. The average Bonchev–Trinajstić information content (AvgIpc) is 2.82. The summed E-state index contributed by atoms with van der Waals surface area (Å²) in [5.74, 6) is 0. The lowest BCUT2D eigenvalue weighted by molar-refractivity contribution is -0.137. The monoisotopic (exact) mass is 318 g/mol. The maximum Gasteiger partial charge on any atom is 0.416 e. The van der Waals surface area contributed by atoms with Crippen LogP contribution < -0.4 is 10.6 Å². The summed E-state index contributed by atoms with van der Waals surface area (Å²) in [4.78, 5) is 1.85. The SMILES string of the molecule is CC1OCCC1N(C)c1ccc(C(F)(F)F)cc1C(N)=S. The number of ether oxygens (including phenoxy) is 1. The highest BCUT2D eigenvalue weighted by Crippen LogP contribution is 2.34. The zero-order valence-electron chi connectivity index (χ0n) is 11.8. The molecule has 0 radical (unpaired) electrons. The quantitative estimate of drug-likeness (QED) is 0.870. The molecular formula is C14H17F3N2OS. The van der Waals surface area contributed by atoms with E-state index in [1.54, 1.807) is 0 Å². The molecule has 3 nitrogen and oxygen atoms in total. The van der Waals surface area contributed by atoms with E-state index in [-0.39, 0.29) is 22.7 Å². The second-order valence-electron chi connectivity index (χ2n) is 5.14. The van der Waals surface area contributed by atoms with Crippen molar-refractivity contribution in [2.75, 3.05) is 18.6 Å². The van der Waals surface area contributed by atoms with Gasteiger partial charge in [-0.25, -0.2) is 0 Å². The van der Waals surface area contributed by atoms with Crippen molar-refractivity contribution in [3.05, 3.63) is 29.3 Å². The summed E-state index contributed by atoms with van der Waals surface area (Å²) in [6, 6.07) is 3.57. The van der Waals surface area contributed by atoms with Gasteiger partial charge in [-0.05, 0) is 31.5 Å². The number of rotatable bonds is 3. The van der Waals surface area contributed by atoms with Crippen LogP contribution in [-0.4, -0.2) is 30.8 Å². The molecule has 7 heteroatoms. The van der Waals surface area contributed by atoms with E-state index in [2.05, 4.69) is 0 Å². The number of likely N-dealkylation sites (N-methyl/N-ethyl adjacent to an activating group) is 1. The Kier molecular flexibility index (Phi) is 4.43. The van der Waals surface area contributed by atoms with Gasteiger partial charge in [0.2, 0.25) is 0 Å². The Morgan fingerprint density at radius 3 is 2.57 bits per heavy atom. The van der Waals surface area contributed by atoms with Gasteiger partial charge < -0.3 is 15.4 Å². The third-order valence-electron chi connectivity index (χ3n) is 3.80. The van der Waals surface area contributed by atoms with Crippen molar-refractivity contribution < 1.29 is 17.9 Å². The van der Waals surface area contributed by atoms with Gasteiger partial charge in [-0.15, -0.1) is 0 Å². The molecule has 1 aromatic rings. The first-order valence-electron chi connectivity index (χ1n) is 6.57. The van der Waals surface area contributed by atoms with Crippen molar-refractivity contribution in [3.8, 4) is 0 Å². The lowest BCUT2D eigenvalue weighted by atomic mass is 10.0. The molecule has 1 aliphatic rings. The topological polar surface area (TPSA) is 38.5 Å². The zero-order chi connectivity index (χ0) is 15.8. The lowest BCUT2D eigenvalue weighted by Gasteiger charge is -2.30. The van der Waals surface area contributed by atoms with Crippen molar-refractivity contribution in [1.82, 2.24) is 0 Å². The highest BCUT2D eigenvalue weighted by Gasteiger charge is 2.33. The van der Waals surface area contributed by atoms with E-state index in [0.29, 0.717) is 12.3 Å². The number of anilines is 1. The molecule has 1 heterocycles. The molecule has 1 fully saturated rings. The maximum absolute atomic E-state index is 12.8. The molecule has 0 bridgehead atoms. The minimum atomic E-state index is -4.42. The molecule has 21 heavy (non-hydrogen) atoms. The van der Waals surface area contributed by atoms with Crippen molar-refractivity contribution in [2.24, 2.45) is 5.73 Å². The van der Waals surface area contributed by atoms with Gasteiger partial charge in [0.15, 0.2) is 0 Å². The predicted octanol–water partition coefficient (Wildman–Crippen LogP) is 2.95. The number of hydrogen-bond donors (Lipinski definition) is 1. The van der Waals surface area contributed by atoms with Crippen LogP contribution in [0.5, 0.6) is 0 Å². The van der Waals surface area contributed by atoms with E-state index in [4.69, 9.17) is 22.7 Å². The second kappa shape index (κ2) is 5.81. The van der Waals surface area contributed by atoms with E-state index >= 15 is 0 Å². The number of alkyl halides is 3. The normalized spacial score (nSPS) is 22.3. The zero-order valence-corrected chi connectivity index (χ0v) is 12.6. The fourth-order valence-electron chi connectivity index (χ4n) is 2.62. The fourth-order valence-corrected chi connectivity index (χ4v) is 2.79. The van der Waals surface area contributed by atoms with Crippen LogP contribution in [0, 0.1) is 0 Å². The summed E-state index contributed by atoms with van der Waals surface area (Å²) in [7, 11) is 1.82. The van der Waals surface area contributed by atoms with Crippen LogP contribution in [0.4, 0.5) is 18.9 Å². The summed E-state index contributed by atoms with van der Waals surface area (Å²) < 4.78 is 43.9. The number of benzene rings is 1. The first-order valence-corrected chi connectivity index (χ1v) is 6.98. The third kappa shape index (κ3) is 3.29. The molecule has 2 atom stereocenters. The molecule has 2 rings (SSSR count). The van der Waals surface area contributed by atoms with Gasteiger partial charge in [-0.3, -0.25) is 0 Å². The summed E-state index contributed by atoms with van der Waals surface area (Å²) in [5, 5.41) is 0. The number of nitrogens with two attached hydrogens (primary N) is 1. The predicted molar refractivity (Wildman–Crippen MR) is 79.6 cm³/mol. The van der Waals surface area contributed by atoms with Crippen LogP contribution in [0.2, 0.25) is 0 Å². The summed E-state index contributed by atoms with van der Waals surface area (Å²) >= 11 is 4.91. The van der Waals surface area contributed by atoms with Gasteiger partial charge in [-0.1, -0.05) is 12.2 Å². The van der Waals surface area contributed by atoms with Gasteiger partial charge in [-0.2, -0.15) is 13.2 Å². The van der Waals surface area contributed by atoms with Crippen LogP contribution in [0.1, 0.15) is 24.5 Å². The Hall–Kier alpha value is -1.34. The largest absolute Gasteiger partial charge is 0.416 e. The second-order valence-corrected chi connectivity index (χ2v) is 5.58. The molecule has 0 spiro atoms. The molecule has 0 aliphatic carbocycles. The van der Waals surface area contributed by atoms with Crippen molar-refractivity contribution in [2.45, 2.75) is 31.7 Å². The average molecular weight is 318 g/mol. The van der Waals surface area contributed by atoms with E-state index < -0.39 is 11.7 Å². The Morgan fingerprint density at radius 2 is 2.10 bits per heavy atom. The van der Waals surface area contributed by atoms with Crippen LogP contribution in [0.3, 0.4) is 0 Å². The number of thiocarbonyl (C=S) groups is 1. The van der Waals surface area contributed by atoms with Gasteiger partial charge in [0.1, 0.15) is 4.99 Å². The molecule has 2 unspecified atom stereocenters. The molecule has 0 saturated carbocycles. The number of nitrogens with zero attached hydrogens (tertiary/aromatic N) is 1. The van der Waals surface area contributed by atoms with Crippen molar-refractivity contribution >= 4 is 22.9 Å². The van der Waals surface area contributed by atoms with Gasteiger partial charge >= 0.3 is 6.18 Å². The van der Waals surface area contributed by atoms with Gasteiger partial charge in [0, 0.05) is 24.9 Å².